The quantitative estimate of drug-likeness (QED) is 0.528. The Morgan fingerprint density at radius 1 is 1.25 bits per heavy atom. The summed E-state index contributed by atoms with van der Waals surface area (Å²) in [7, 11) is 1.59. The third-order valence-electron chi connectivity index (χ3n) is 6.41. The average Bonchev–Trinajstić information content (AvgIpc) is 3.25. The number of aromatic nitrogens is 1. The lowest BCUT2D eigenvalue weighted by atomic mass is 9.86. The second kappa shape index (κ2) is 8.50. The number of carbonyl (C=O) groups is 1. The van der Waals surface area contributed by atoms with Crippen LogP contribution in [-0.2, 0) is 6.54 Å². The van der Waals surface area contributed by atoms with E-state index in [1.54, 1.807) is 19.2 Å². The monoisotopic (exact) mass is 446 g/mol. The Hall–Kier alpha value is -3.00. The molecule has 0 bridgehead atoms. The molecule has 2 heterocycles. The summed E-state index contributed by atoms with van der Waals surface area (Å²) in [6.45, 7) is 2.68. The van der Waals surface area contributed by atoms with E-state index >= 15 is 0 Å². The van der Waals surface area contributed by atoms with Gasteiger partial charge in [0.2, 0.25) is 0 Å². The van der Waals surface area contributed by atoms with Gasteiger partial charge in [-0.15, -0.1) is 0 Å². The number of hydrogen-bond donors (Lipinski definition) is 2. The SMILES string of the molecule is COc1cc(C)c2[nH]ccc2c1CN1CCC(C(F)(F)F)CC1c1ccc(C(=O)O)cc1. The van der Waals surface area contributed by atoms with Gasteiger partial charge in [0.15, 0.2) is 0 Å². The van der Waals surface area contributed by atoms with Crippen LogP contribution in [0.2, 0.25) is 0 Å². The number of carboxylic acids is 1. The number of nitrogens with one attached hydrogen (secondary N) is 1. The number of aryl methyl sites for hydroxylation is 1. The van der Waals surface area contributed by atoms with Crippen molar-refractivity contribution in [3.63, 3.8) is 0 Å². The van der Waals surface area contributed by atoms with E-state index in [0.717, 1.165) is 22.0 Å². The minimum Gasteiger partial charge on any atom is -0.496 e. The van der Waals surface area contributed by atoms with E-state index < -0.39 is 24.1 Å². The van der Waals surface area contributed by atoms with E-state index in [-0.39, 0.29) is 24.9 Å². The molecule has 2 atom stereocenters. The first-order valence-corrected chi connectivity index (χ1v) is 10.5. The maximum Gasteiger partial charge on any atom is 0.391 e. The molecule has 1 aromatic heterocycles. The molecule has 3 aromatic rings. The van der Waals surface area contributed by atoms with Crippen LogP contribution in [0.25, 0.3) is 10.9 Å². The van der Waals surface area contributed by atoms with Crippen molar-refractivity contribution in [3.8, 4) is 5.75 Å². The van der Waals surface area contributed by atoms with Gasteiger partial charge in [-0.1, -0.05) is 12.1 Å². The summed E-state index contributed by atoms with van der Waals surface area (Å²) < 4.78 is 46.3. The van der Waals surface area contributed by atoms with Crippen molar-refractivity contribution in [2.75, 3.05) is 13.7 Å². The van der Waals surface area contributed by atoms with Crippen LogP contribution in [0.5, 0.6) is 5.75 Å². The number of ether oxygens (including phenoxy) is 1. The van der Waals surface area contributed by atoms with Gasteiger partial charge in [0.1, 0.15) is 5.75 Å². The van der Waals surface area contributed by atoms with Crippen molar-refractivity contribution in [3.05, 3.63) is 64.8 Å². The molecule has 0 amide bonds. The summed E-state index contributed by atoms with van der Waals surface area (Å²) in [6, 6.07) is 9.55. The van der Waals surface area contributed by atoms with Gasteiger partial charge in [0.05, 0.1) is 18.6 Å². The molecular formula is C24H25F3N2O3. The molecular weight excluding hydrogens is 421 g/mol. The van der Waals surface area contributed by atoms with E-state index in [2.05, 4.69) is 4.98 Å². The van der Waals surface area contributed by atoms with Crippen molar-refractivity contribution in [1.82, 2.24) is 9.88 Å². The predicted molar refractivity (Wildman–Crippen MR) is 115 cm³/mol. The predicted octanol–water partition coefficient (Wildman–Crippen LogP) is 5.70. The first kappa shape index (κ1) is 22.2. The van der Waals surface area contributed by atoms with Gasteiger partial charge in [0.25, 0.3) is 0 Å². The number of alkyl halides is 3. The van der Waals surface area contributed by atoms with Gasteiger partial charge in [-0.05, 0) is 61.7 Å². The lowest BCUT2D eigenvalue weighted by Gasteiger charge is -2.40. The van der Waals surface area contributed by atoms with Crippen LogP contribution in [0.4, 0.5) is 13.2 Å². The smallest absolute Gasteiger partial charge is 0.391 e. The van der Waals surface area contributed by atoms with Crippen molar-refractivity contribution < 1.29 is 27.8 Å². The molecule has 2 aromatic carbocycles. The molecule has 8 heteroatoms. The summed E-state index contributed by atoms with van der Waals surface area (Å²) in [4.78, 5) is 16.5. The number of fused-ring (bicyclic) bond motifs is 1. The number of H-pyrrole nitrogens is 1. The molecule has 1 saturated heterocycles. The topological polar surface area (TPSA) is 65.6 Å². The molecule has 1 fully saturated rings. The molecule has 0 radical (unpaired) electrons. The van der Waals surface area contributed by atoms with Crippen molar-refractivity contribution in [2.45, 2.75) is 38.5 Å². The Morgan fingerprint density at radius 2 is 1.97 bits per heavy atom. The van der Waals surface area contributed by atoms with Gasteiger partial charge in [-0.25, -0.2) is 4.79 Å². The minimum absolute atomic E-state index is 0.0255. The number of rotatable bonds is 5. The lowest BCUT2D eigenvalue weighted by molar-refractivity contribution is -0.190. The Labute approximate surface area is 183 Å². The van der Waals surface area contributed by atoms with Crippen LogP contribution in [0, 0.1) is 12.8 Å². The van der Waals surface area contributed by atoms with Crippen LogP contribution in [0.15, 0.2) is 42.6 Å². The Balaban J connectivity index is 1.72. The lowest BCUT2D eigenvalue weighted by Crippen LogP contribution is -2.41. The Bertz CT molecular complexity index is 1120. The van der Waals surface area contributed by atoms with Crippen LogP contribution < -0.4 is 4.74 Å². The van der Waals surface area contributed by atoms with Crippen LogP contribution in [-0.4, -0.2) is 40.8 Å². The van der Waals surface area contributed by atoms with Gasteiger partial charge < -0.3 is 14.8 Å². The number of hydrogen-bond acceptors (Lipinski definition) is 3. The van der Waals surface area contributed by atoms with E-state index in [0.29, 0.717) is 17.9 Å². The molecule has 2 unspecified atom stereocenters. The van der Waals surface area contributed by atoms with E-state index in [4.69, 9.17) is 9.84 Å². The molecule has 0 saturated carbocycles. The summed E-state index contributed by atoms with van der Waals surface area (Å²) in [5.41, 5.74) is 3.72. The fraction of sp³-hybridized carbons (Fsp3) is 0.375. The maximum absolute atomic E-state index is 13.6. The zero-order valence-corrected chi connectivity index (χ0v) is 17.9. The van der Waals surface area contributed by atoms with Gasteiger partial charge >= 0.3 is 12.1 Å². The van der Waals surface area contributed by atoms with Crippen molar-refractivity contribution in [2.24, 2.45) is 5.92 Å². The highest BCUT2D eigenvalue weighted by atomic mass is 19.4. The zero-order chi connectivity index (χ0) is 23.0. The molecule has 32 heavy (non-hydrogen) atoms. The highest BCUT2D eigenvalue weighted by Crippen LogP contribution is 2.44. The van der Waals surface area contributed by atoms with Crippen molar-refractivity contribution in [1.29, 1.82) is 0 Å². The molecule has 5 nitrogen and oxygen atoms in total. The van der Waals surface area contributed by atoms with E-state index in [1.807, 2.05) is 30.2 Å². The number of carboxylic acid groups (broad SMARTS) is 1. The largest absolute Gasteiger partial charge is 0.496 e. The number of halogens is 3. The number of benzene rings is 2. The molecule has 1 aliphatic heterocycles. The summed E-state index contributed by atoms with van der Waals surface area (Å²) in [5.74, 6) is -1.76. The minimum atomic E-state index is -4.26. The molecule has 1 aliphatic rings. The zero-order valence-electron chi connectivity index (χ0n) is 17.9. The first-order valence-electron chi connectivity index (χ1n) is 10.5. The molecule has 0 aliphatic carbocycles. The maximum atomic E-state index is 13.6. The summed E-state index contributed by atoms with van der Waals surface area (Å²) in [6.07, 6.45) is -2.46. The number of nitrogens with zero attached hydrogens (tertiary/aromatic N) is 1. The second-order valence-electron chi connectivity index (χ2n) is 8.32. The number of likely N-dealkylation sites (tertiary alicyclic amines) is 1. The van der Waals surface area contributed by atoms with Gasteiger partial charge in [-0.2, -0.15) is 13.2 Å². The van der Waals surface area contributed by atoms with E-state index in [9.17, 15) is 18.0 Å². The highest BCUT2D eigenvalue weighted by molar-refractivity contribution is 5.88. The Morgan fingerprint density at radius 3 is 2.59 bits per heavy atom. The van der Waals surface area contributed by atoms with Crippen LogP contribution in [0.1, 0.15) is 45.9 Å². The summed E-state index contributed by atoms with van der Waals surface area (Å²) >= 11 is 0. The third kappa shape index (κ3) is 4.19. The number of piperidine rings is 1. The average molecular weight is 446 g/mol. The molecule has 170 valence electrons. The van der Waals surface area contributed by atoms with Crippen LogP contribution in [0.3, 0.4) is 0 Å². The molecule has 4 rings (SSSR count). The van der Waals surface area contributed by atoms with E-state index in [1.165, 1.54) is 12.1 Å². The Kier molecular flexibility index (Phi) is 5.90. The van der Waals surface area contributed by atoms with Gasteiger partial charge in [-0.3, -0.25) is 4.90 Å². The second-order valence-corrected chi connectivity index (χ2v) is 8.32. The fourth-order valence-corrected chi connectivity index (χ4v) is 4.68. The number of aromatic carboxylic acids is 1. The normalized spacial score (nSPS) is 19.9. The first-order chi connectivity index (χ1) is 15.2. The van der Waals surface area contributed by atoms with Crippen molar-refractivity contribution >= 4 is 16.9 Å². The number of methoxy groups -OCH3 is 1. The summed E-state index contributed by atoms with van der Waals surface area (Å²) in [5, 5.41) is 10.2. The number of aromatic amines is 1. The highest BCUT2D eigenvalue weighted by Gasteiger charge is 2.44. The standard InChI is InChI=1S/C24H25F3N2O3/c1-14-11-21(32-2)19(18-7-9-28-22(14)18)13-29-10-8-17(24(25,26)27)12-20(29)15-3-5-16(6-4-15)23(30)31/h3-7,9,11,17,20,28H,8,10,12-13H2,1-2H3,(H,30,31). The van der Waals surface area contributed by atoms with Crippen LogP contribution >= 0.6 is 0 Å². The van der Waals surface area contributed by atoms with Gasteiger partial charge in [0, 0.05) is 35.2 Å². The molecule has 2 N–H and O–H groups in total. The molecule has 0 spiro atoms. The fourth-order valence-electron chi connectivity index (χ4n) is 4.68. The third-order valence-corrected chi connectivity index (χ3v) is 6.41.